The molecule has 132 valence electrons. The molecule has 2 nitrogen and oxygen atoms in total. The van der Waals surface area contributed by atoms with E-state index in [9.17, 15) is 4.79 Å². The van der Waals surface area contributed by atoms with Crippen molar-refractivity contribution in [2.45, 2.75) is 18.8 Å². The third-order valence-electron chi connectivity index (χ3n) is 6.13. The minimum Gasteiger partial charge on any atom is -0.314 e. The number of anilines is 1. The van der Waals surface area contributed by atoms with E-state index in [0.717, 1.165) is 28.8 Å². The summed E-state index contributed by atoms with van der Waals surface area (Å²) in [5, 5.41) is 0. The number of hydrogen-bond donors (Lipinski definition) is 0. The van der Waals surface area contributed by atoms with Gasteiger partial charge in [-0.3, -0.25) is 4.79 Å². The van der Waals surface area contributed by atoms with Crippen LogP contribution in [0.3, 0.4) is 0 Å². The van der Waals surface area contributed by atoms with Crippen molar-refractivity contribution in [3.8, 4) is 0 Å². The normalized spacial score (nSPS) is 20.4. The lowest BCUT2D eigenvalue weighted by atomic mass is 9.69. The molecule has 1 unspecified atom stereocenters. The van der Waals surface area contributed by atoms with Gasteiger partial charge in [0.25, 0.3) is 0 Å². The van der Waals surface area contributed by atoms with E-state index in [0.29, 0.717) is 0 Å². The summed E-state index contributed by atoms with van der Waals surface area (Å²) in [7, 11) is 1.90. The van der Waals surface area contributed by atoms with Gasteiger partial charge >= 0.3 is 0 Å². The molecule has 1 amide bonds. The summed E-state index contributed by atoms with van der Waals surface area (Å²) in [4.78, 5) is 15.6. The van der Waals surface area contributed by atoms with E-state index < -0.39 is 5.41 Å². The highest BCUT2D eigenvalue weighted by molar-refractivity contribution is 6.24. The lowest BCUT2D eigenvalue weighted by molar-refractivity contribution is -0.122. The van der Waals surface area contributed by atoms with Gasteiger partial charge < -0.3 is 4.90 Å². The van der Waals surface area contributed by atoms with Gasteiger partial charge in [0.15, 0.2) is 0 Å². The van der Waals surface area contributed by atoms with Crippen LogP contribution in [0.15, 0.2) is 78.9 Å². The molecule has 1 heterocycles. The highest BCUT2D eigenvalue weighted by Crippen LogP contribution is 2.59. The molecule has 3 aromatic carbocycles. The molecule has 0 spiro atoms. The number of hydrogen-bond acceptors (Lipinski definition) is 1. The van der Waals surface area contributed by atoms with Crippen molar-refractivity contribution < 1.29 is 4.79 Å². The minimum absolute atomic E-state index is 0.164. The first-order valence-corrected chi connectivity index (χ1v) is 9.47. The lowest BCUT2D eigenvalue weighted by Crippen LogP contribution is -2.48. The molecule has 3 aromatic rings. The van der Waals surface area contributed by atoms with Crippen LogP contribution in [0.1, 0.15) is 35.6 Å². The van der Waals surface area contributed by atoms with Crippen molar-refractivity contribution in [1.29, 1.82) is 0 Å². The Balaban J connectivity index is 1.98. The van der Waals surface area contributed by atoms with Crippen LogP contribution < -0.4 is 4.90 Å². The SMILES string of the molecule is CCC12C(=O)N(C)c3ccccc3C1=C(c1ccccc1)c1ccccc12. The number of fused-ring (bicyclic) bond motifs is 5. The van der Waals surface area contributed by atoms with Crippen molar-refractivity contribution in [2.24, 2.45) is 0 Å². The number of rotatable bonds is 2. The molecule has 0 radical (unpaired) electrons. The van der Waals surface area contributed by atoms with E-state index in [-0.39, 0.29) is 5.91 Å². The average molecular weight is 351 g/mol. The van der Waals surface area contributed by atoms with Crippen LogP contribution >= 0.6 is 0 Å². The molecule has 1 aliphatic carbocycles. The van der Waals surface area contributed by atoms with Crippen LogP contribution in [-0.4, -0.2) is 13.0 Å². The standard InChI is InChI=1S/C25H21NO/c1-3-25-20-15-9-7-13-18(20)22(17-11-5-4-6-12-17)23(25)19-14-8-10-16-21(19)26(2)24(25)27/h4-16H,3H2,1-2H3. The van der Waals surface area contributed by atoms with Crippen LogP contribution in [0, 0.1) is 0 Å². The van der Waals surface area contributed by atoms with Crippen LogP contribution in [0.2, 0.25) is 0 Å². The maximum atomic E-state index is 13.8. The molecule has 2 aliphatic rings. The van der Waals surface area contributed by atoms with E-state index in [1.165, 1.54) is 16.7 Å². The van der Waals surface area contributed by atoms with Gasteiger partial charge in [0.1, 0.15) is 5.41 Å². The monoisotopic (exact) mass is 351 g/mol. The summed E-state index contributed by atoms with van der Waals surface area (Å²) >= 11 is 0. The van der Waals surface area contributed by atoms with E-state index >= 15 is 0 Å². The molecule has 2 heteroatoms. The van der Waals surface area contributed by atoms with Crippen molar-refractivity contribution >= 4 is 22.7 Å². The molecule has 0 saturated heterocycles. The number of benzene rings is 3. The summed E-state index contributed by atoms with van der Waals surface area (Å²) in [6, 6.07) is 27.2. The van der Waals surface area contributed by atoms with E-state index in [1.807, 2.05) is 30.1 Å². The summed E-state index contributed by atoms with van der Waals surface area (Å²) in [5.41, 5.74) is 7.37. The first-order chi connectivity index (χ1) is 13.2. The zero-order valence-electron chi connectivity index (χ0n) is 15.6. The summed E-state index contributed by atoms with van der Waals surface area (Å²) < 4.78 is 0. The maximum absolute atomic E-state index is 13.8. The summed E-state index contributed by atoms with van der Waals surface area (Å²) in [6.45, 7) is 2.13. The third kappa shape index (κ3) is 1.93. The number of para-hydroxylation sites is 1. The molecule has 1 aliphatic heterocycles. The molecular weight excluding hydrogens is 330 g/mol. The highest BCUT2D eigenvalue weighted by Gasteiger charge is 2.54. The number of nitrogens with zero attached hydrogens (tertiary/aromatic N) is 1. The first-order valence-electron chi connectivity index (χ1n) is 9.47. The maximum Gasteiger partial charge on any atom is 0.241 e. The van der Waals surface area contributed by atoms with Crippen LogP contribution in [-0.2, 0) is 10.2 Å². The number of carbonyl (C=O) groups excluding carboxylic acids is 1. The molecule has 0 saturated carbocycles. The average Bonchev–Trinajstić information content (AvgIpc) is 3.04. The van der Waals surface area contributed by atoms with Gasteiger partial charge in [0.05, 0.1) is 5.69 Å². The molecule has 5 rings (SSSR count). The number of carbonyl (C=O) groups is 1. The first kappa shape index (κ1) is 16.1. The zero-order valence-corrected chi connectivity index (χ0v) is 15.6. The second-order valence-corrected chi connectivity index (χ2v) is 7.30. The van der Waals surface area contributed by atoms with Gasteiger partial charge in [0.2, 0.25) is 5.91 Å². The van der Waals surface area contributed by atoms with Gasteiger partial charge in [-0.15, -0.1) is 0 Å². The van der Waals surface area contributed by atoms with Crippen molar-refractivity contribution in [2.75, 3.05) is 11.9 Å². The Bertz CT molecular complexity index is 1100. The second kappa shape index (κ2) is 5.68. The molecule has 0 aromatic heterocycles. The minimum atomic E-state index is -0.620. The van der Waals surface area contributed by atoms with Gasteiger partial charge in [-0.25, -0.2) is 0 Å². The van der Waals surface area contributed by atoms with Gasteiger partial charge in [0, 0.05) is 12.6 Å². The molecule has 0 N–H and O–H groups in total. The van der Waals surface area contributed by atoms with E-state index in [1.54, 1.807) is 0 Å². The van der Waals surface area contributed by atoms with Crippen LogP contribution in [0.5, 0.6) is 0 Å². The van der Waals surface area contributed by atoms with Crippen LogP contribution in [0.4, 0.5) is 5.69 Å². The Hall–Kier alpha value is -3.13. The summed E-state index contributed by atoms with van der Waals surface area (Å²) in [5.74, 6) is 0.164. The number of likely N-dealkylation sites (N-methyl/N-ethyl adjacent to an activating group) is 1. The van der Waals surface area contributed by atoms with Crippen LogP contribution in [0.25, 0.3) is 11.1 Å². The molecule has 27 heavy (non-hydrogen) atoms. The van der Waals surface area contributed by atoms with Gasteiger partial charge in [-0.2, -0.15) is 0 Å². The topological polar surface area (TPSA) is 20.3 Å². The lowest BCUT2D eigenvalue weighted by Gasteiger charge is -2.41. The Morgan fingerprint density at radius 3 is 2.19 bits per heavy atom. The third-order valence-corrected chi connectivity index (χ3v) is 6.13. The fraction of sp³-hybridized carbons (Fsp3) is 0.160. The fourth-order valence-electron chi connectivity index (χ4n) is 4.94. The number of amides is 1. The van der Waals surface area contributed by atoms with E-state index in [2.05, 4.69) is 67.6 Å². The van der Waals surface area contributed by atoms with E-state index in [4.69, 9.17) is 0 Å². The second-order valence-electron chi connectivity index (χ2n) is 7.30. The Labute approximate surface area is 159 Å². The quantitative estimate of drug-likeness (QED) is 0.615. The zero-order chi connectivity index (χ0) is 18.6. The van der Waals surface area contributed by atoms with Gasteiger partial charge in [-0.1, -0.05) is 79.7 Å². The molecule has 1 atom stereocenters. The van der Waals surface area contributed by atoms with Crippen molar-refractivity contribution in [1.82, 2.24) is 0 Å². The largest absolute Gasteiger partial charge is 0.314 e. The highest BCUT2D eigenvalue weighted by atomic mass is 16.2. The smallest absolute Gasteiger partial charge is 0.241 e. The predicted molar refractivity (Wildman–Crippen MR) is 111 cm³/mol. The molecular formula is C25H21NO. The summed E-state index contributed by atoms with van der Waals surface area (Å²) in [6.07, 6.45) is 0.743. The van der Waals surface area contributed by atoms with Crippen molar-refractivity contribution in [3.63, 3.8) is 0 Å². The Morgan fingerprint density at radius 1 is 0.815 bits per heavy atom. The fourth-order valence-corrected chi connectivity index (χ4v) is 4.94. The molecule has 0 fully saturated rings. The predicted octanol–water partition coefficient (Wildman–Crippen LogP) is 5.28. The molecule has 0 bridgehead atoms. The Morgan fingerprint density at radius 2 is 1.44 bits per heavy atom. The van der Waals surface area contributed by atoms with Crippen molar-refractivity contribution in [3.05, 3.63) is 101 Å². The Kier molecular flexibility index (Phi) is 3.38. The van der Waals surface area contributed by atoms with Gasteiger partial charge in [-0.05, 0) is 40.3 Å².